The van der Waals surface area contributed by atoms with Crippen molar-refractivity contribution in [2.24, 2.45) is 5.73 Å². The molecule has 0 aliphatic rings. The molecule has 3 aromatic carbocycles. The van der Waals surface area contributed by atoms with E-state index in [1.54, 1.807) is 32.0 Å². The van der Waals surface area contributed by atoms with Gasteiger partial charge >= 0.3 is 6.18 Å². The molecule has 0 saturated carbocycles. The van der Waals surface area contributed by atoms with Crippen molar-refractivity contribution in [2.45, 2.75) is 44.1 Å². The first kappa shape index (κ1) is 26.4. The normalized spacial score (nSPS) is 14.0. The first-order valence-corrected chi connectivity index (χ1v) is 12.0. The Morgan fingerprint density at radius 2 is 1.68 bits per heavy atom. The average Bonchev–Trinajstić information content (AvgIpc) is 3.29. The van der Waals surface area contributed by atoms with Gasteiger partial charge in [-0.1, -0.05) is 48.5 Å². The minimum atomic E-state index is -4.44. The summed E-state index contributed by atoms with van der Waals surface area (Å²) < 4.78 is 41.7. The predicted octanol–water partition coefficient (Wildman–Crippen LogP) is 5.43. The molecule has 0 saturated heterocycles. The van der Waals surface area contributed by atoms with Crippen molar-refractivity contribution in [3.63, 3.8) is 0 Å². The monoisotopic (exact) mass is 509 g/mol. The number of nitrogens with one attached hydrogen (secondary N) is 1. The Balaban J connectivity index is 1.63. The molecule has 5 nitrogen and oxygen atoms in total. The SMILES string of the molecule is CC(C)(NC[C@@H](O)[C@H](Cc1ccccc1)n1ccc2ccc(C(N)=O)cc21)c1cccc(C(F)(F)F)c1. The molecule has 1 heterocycles. The van der Waals surface area contributed by atoms with Crippen LogP contribution in [-0.2, 0) is 18.1 Å². The fourth-order valence-corrected chi connectivity index (χ4v) is 4.55. The summed E-state index contributed by atoms with van der Waals surface area (Å²) in [4.78, 5) is 11.8. The number of carbonyl (C=O) groups excluding carboxylic acids is 1. The van der Waals surface area contributed by atoms with Crippen molar-refractivity contribution in [2.75, 3.05) is 6.54 Å². The number of nitrogens with zero attached hydrogens (tertiary/aromatic N) is 1. The second kappa shape index (κ2) is 10.4. The topological polar surface area (TPSA) is 80.3 Å². The number of aliphatic hydroxyl groups is 1. The molecular formula is C29H30F3N3O2. The number of amides is 1. The first-order valence-electron chi connectivity index (χ1n) is 12.0. The number of aromatic nitrogens is 1. The summed E-state index contributed by atoms with van der Waals surface area (Å²) in [5.74, 6) is -0.542. The minimum Gasteiger partial charge on any atom is -0.390 e. The summed E-state index contributed by atoms with van der Waals surface area (Å²) >= 11 is 0. The van der Waals surface area contributed by atoms with E-state index in [9.17, 15) is 23.1 Å². The Hall–Kier alpha value is -3.62. The molecule has 1 amide bonds. The number of carbonyl (C=O) groups is 1. The third-order valence-electron chi connectivity index (χ3n) is 6.76. The van der Waals surface area contributed by atoms with Crippen LogP contribution in [0.25, 0.3) is 10.9 Å². The Labute approximate surface area is 213 Å². The summed E-state index contributed by atoms with van der Waals surface area (Å²) in [6.07, 6.45) is -2.98. The number of aliphatic hydroxyl groups excluding tert-OH is 1. The van der Waals surface area contributed by atoms with Crippen LogP contribution in [0.2, 0.25) is 0 Å². The third kappa shape index (κ3) is 6.03. The standard InChI is InChI=1S/C29H30F3N3O2/c1-28(2,22-9-6-10-23(17-22)29(30,31)32)34-18-26(36)25(15-19-7-4-3-5-8-19)35-14-13-20-11-12-21(27(33)37)16-24(20)35/h3-14,16-17,25-26,34,36H,15,18H2,1-2H3,(H2,33,37)/t25-,26+/m0/s1. The van der Waals surface area contributed by atoms with Crippen molar-refractivity contribution in [1.82, 2.24) is 9.88 Å². The molecule has 37 heavy (non-hydrogen) atoms. The summed E-state index contributed by atoms with van der Waals surface area (Å²) in [6.45, 7) is 3.69. The van der Waals surface area contributed by atoms with Crippen LogP contribution in [0.5, 0.6) is 0 Å². The minimum absolute atomic E-state index is 0.121. The third-order valence-corrected chi connectivity index (χ3v) is 6.76. The quantitative estimate of drug-likeness (QED) is 0.282. The van der Waals surface area contributed by atoms with Gasteiger partial charge in [0.05, 0.1) is 17.7 Å². The maximum Gasteiger partial charge on any atom is 0.416 e. The molecular weight excluding hydrogens is 479 g/mol. The van der Waals surface area contributed by atoms with Crippen LogP contribution >= 0.6 is 0 Å². The smallest absolute Gasteiger partial charge is 0.390 e. The Kier molecular flexibility index (Phi) is 7.43. The lowest BCUT2D eigenvalue weighted by atomic mass is 9.92. The Morgan fingerprint density at radius 1 is 0.973 bits per heavy atom. The summed E-state index contributed by atoms with van der Waals surface area (Å²) in [6, 6.07) is 21.6. The lowest BCUT2D eigenvalue weighted by Crippen LogP contribution is -2.44. The van der Waals surface area contributed by atoms with Crippen molar-refractivity contribution in [3.05, 3.63) is 107 Å². The number of primary amides is 1. The van der Waals surface area contributed by atoms with Gasteiger partial charge in [0.2, 0.25) is 5.91 Å². The van der Waals surface area contributed by atoms with E-state index in [-0.39, 0.29) is 6.54 Å². The maximum absolute atomic E-state index is 13.3. The molecule has 194 valence electrons. The van der Waals surface area contributed by atoms with Gasteiger partial charge in [-0.25, -0.2) is 0 Å². The van der Waals surface area contributed by atoms with Gasteiger partial charge in [0, 0.05) is 29.4 Å². The zero-order chi connectivity index (χ0) is 26.8. The summed E-state index contributed by atoms with van der Waals surface area (Å²) in [5.41, 5.74) is 6.54. The molecule has 2 atom stereocenters. The number of alkyl halides is 3. The fraction of sp³-hybridized carbons (Fsp3) is 0.276. The van der Waals surface area contributed by atoms with Gasteiger partial charge in [-0.05, 0) is 67.1 Å². The Morgan fingerprint density at radius 3 is 2.35 bits per heavy atom. The molecule has 1 aromatic heterocycles. The van der Waals surface area contributed by atoms with Gasteiger partial charge in [0.25, 0.3) is 0 Å². The second-order valence-electron chi connectivity index (χ2n) is 9.77. The van der Waals surface area contributed by atoms with E-state index < -0.39 is 35.3 Å². The van der Waals surface area contributed by atoms with Gasteiger partial charge < -0.3 is 20.7 Å². The highest BCUT2D eigenvalue weighted by Gasteiger charge is 2.33. The van der Waals surface area contributed by atoms with Gasteiger partial charge in [-0.2, -0.15) is 13.2 Å². The first-order chi connectivity index (χ1) is 17.5. The second-order valence-corrected chi connectivity index (χ2v) is 9.77. The van der Waals surface area contributed by atoms with E-state index in [0.29, 0.717) is 17.5 Å². The number of nitrogens with two attached hydrogens (primary N) is 1. The van der Waals surface area contributed by atoms with Gasteiger partial charge in [-0.15, -0.1) is 0 Å². The van der Waals surface area contributed by atoms with Gasteiger partial charge in [0.15, 0.2) is 0 Å². The van der Waals surface area contributed by atoms with Crippen molar-refractivity contribution < 1.29 is 23.1 Å². The zero-order valence-electron chi connectivity index (χ0n) is 20.7. The van der Waals surface area contributed by atoms with Crippen LogP contribution in [0.15, 0.2) is 85.1 Å². The van der Waals surface area contributed by atoms with Crippen molar-refractivity contribution in [3.8, 4) is 0 Å². The molecule has 0 spiro atoms. The van der Waals surface area contributed by atoms with E-state index >= 15 is 0 Å². The number of hydrogen-bond acceptors (Lipinski definition) is 3. The zero-order valence-corrected chi connectivity index (χ0v) is 20.7. The molecule has 0 aliphatic carbocycles. The number of benzene rings is 3. The predicted molar refractivity (Wildman–Crippen MR) is 138 cm³/mol. The fourth-order valence-electron chi connectivity index (χ4n) is 4.55. The molecule has 0 bridgehead atoms. The maximum atomic E-state index is 13.3. The lowest BCUT2D eigenvalue weighted by molar-refractivity contribution is -0.137. The number of fused-ring (bicyclic) bond motifs is 1. The van der Waals surface area contributed by atoms with Crippen LogP contribution < -0.4 is 11.1 Å². The van der Waals surface area contributed by atoms with Gasteiger partial charge in [-0.3, -0.25) is 4.79 Å². The highest BCUT2D eigenvalue weighted by Crippen LogP contribution is 2.32. The molecule has 4 N–H and O–H groups in total. The van der Waals surface area contributed by atoms with Crippen LogP contribution in [0.1, 0.15) is 46.9 Å². The summed E-state index contributed by atoms with van der Waals surface area (Å²) in [7, 11) is 0. The van der Waals surface area contributed by atoms with E-state index in [0.717, 1.165) is 28.6 Å². The summed E-state index contributed by atoms with van der Waals surface area (Å²) in [5, 5.41) is 15.6. The van der Waals surface area contributed by atoms with Crippen LogP contribution in [0.3, 0.4) is 0 Å². The highest BCUT2D eigenvalue weighted by atomic mass is 19.4. The molecule has 0 fully saturated rings. The van der Waals surface area contributed by atoms with Crippen molar-refractivity contribution >= 4 is 16.8 Å². The molecule has 8 heteroatoms. The van der Waals surface area contributed by atoms with Crippen LogP contribution in [0, 0.1) is 0 Å². The van der Waals surface area contributed by atoms with Crippen molar-refractivity contribution in [1.29, 1.82) is 0 Å². The number of hydrogen-bond donors (Lipinski definition) is 3. The molecule has 4 rings (SSSR count). The Bertz CT molecular complexity index is 1380. The molecule has 0 radical (unpaired) electrons. The highest BCUT2D eigenvalue weighted by molar-refractivity contribution is 5.97. The van der Waals surface area contributed by atoms with E-state index in [2.05, 4.69) is 5.32 Å². The molecule has 0 unspecified atom stereocenters. The number of rotatable bonds is 9. The van der Waals surface area contributed by atoms with E-state index in [1.165, 1.54) is 6.07 Å². The average molecular weight is 510 g/mol. The molecule has 0 aliphatic heterocycles. The lowest BCUT2D eigenvalue weighted by Gasteiger charge is -2.32. The van der Waals surface area contributed by atoms with Crippen LogP contribution in [0.4, 0.5) is 13.2 Å². The number of halogens is 3. The van der Waals surface area contributed by atoms with Gasteiger partial charge in [0.1, 0.15) is 0 Å². The molecule has 4 aromatic rings. The van der Waals surface area contributed by atoms with Crippen LogP contribution in [-0.4, -0.2) is 28.2 Å². The largest absolute Gasteiger partial charge is 0.416 e. The van der Waals surface area contributed by atoms with E-state index in [4.69, 9.17) is 5.73 Å². The van der Waals surface area contributed by atoms with E-state index in [1.807, 2.05) is 53.2 Å².